The van der Waals surface area contributed by atoms with E-state index >= 15 is 0 Å². The zero-order valence-electron chi connectivity index (χ0n) is 21.7. The molecule has 5 nitrogen and oxygen atoms in total. The molecule has 6 heteroatoms. The third-order valence-electron chi connectivity index (χ3n) is 5.93. The SMILES string of the molecule is CCCCCCCCCCCCCCCCCCNC(=S)N/N=C/c1ccc(NC(C)=O)cc1. The summed E-state index contributed by atoms with van der Waals surface area (Å²) in [6.45, 7) is 4.66. The fraction of sp³-hybridized carbons (Fsp3) is 0.679. The van der Waals surface area contributed by atoms with Crippen molar-refractivity contribution in [1.82, 2.24) is 10.7 Å². The minimum absolute atomic E-state index is 0.0798. The maximum atomic E-state index is 11.0. The Bertz CT molecular complexity index is 675. The second kappa shape index (κ2) is 21.6. The van der Waals surface area contributed by atoms with E-state index < -0.39 is 0 Å². The summed E-state index contributed by atoms with van der Waals surface area (Å²) in [6.07, 6.45) is 23.8. The highest BCUT2D eigenvalue weighted by Gasteiger charge is 1.97. The lowest BCUT2D eigenvalue weighted by Gasteiger charge is -2.07. The molecule has 0 radical (unpaired) electrons. The first-order valence-corrected chi connectivity index (χ1v) is 14.0. The predicted octanol–water partition coefficient (Wildman–Crippen LogP) is 7.70. The Balaban J connectivity index is 1.87. The fourth-order valence-corrected chi connectivity index (χ4v) is 4.09. The molecule has 0 aliphatic carbocycles. The Morgan fingerprint density at radius 3 is 1.74 bits per heavy atom. The van der Waals surface area contributed by atoms with E-state index in [9.17, 15) is 4.79 Å². The topological polar surface area (TPSA) is 65.5 Å². The van der Waals surface area contributed by atoms with Crippen LogP contribution in [-0.2, 0) is 4.79 Å². The van der Waals surface area contributed by atoms with Gasteiger partial charge in [-0.05, 0) is 36.3 Å². The molecule has 0 fully saturated rings. The first-order chi connectivity index (χ1) is 16.6. The van der Waals surface area contributed by atoms with Crippen LogP contribution in [0.3, 0.4) is 0 Å². The molecule has 0 saturated carbocycles. The normalized spacial score (nSPS) is 11.0. The van der Waals surface area contributed by atoms with E-state index in [0.29, 0.717) is 5.11 Å². The molecule has 0 atom stereocenters. The van der Waals surface area contributed by atoms with Crippen LogP contribution in [0.15, 0.2) is 29.4 Å². The molecule has 1 rings (SSSR count). The number of nitrogens with zero attached hydrogens (tertiary/aromatic N) is 1. The zero-order valence-corrected chi connectivity index (χ0v) is 22.5. The van der Waals surface area contributed by atoms with Gasteiger partial charge >= 0.3 is 0 Å². The van der Waals surface area contributed by atoms with Crippen molar-refractivity contribution >= 4 is 35.1 Å². The smallest absolute Gasteiger partial charge is 0.221 e. The summed E-state index contributed by atoms with van der Waals surface area (Å²) in [4.78, 5) is 11.0. The number of anilines is 1. The Hall–Kier alpha value is -1.95. The first-order valence-electron chi connectivity index (χ1n) is 13.6. The van der Waals surface area contributed by atoms with Gasteiger partial charge in [0.05, 0.1) is 6.21 Å². The zero-order chi connectivity index (χ0) is 24.7. The highest BCUT2D eigenvalue weighted by molar-refractivity contribution is 7.80. The summed E-state index contributed by atoms with van der Waals surface area (Å²) in [5.41, 5.74) is 4.56. The van der Waals surface area contributed by atoms with Crippen LogP contribution in [0.5, 0.6) is 0 Å². The number of carbonyl (C=O) groups is 1. The van der Waals surface area contributed by atoms with Crippen molar-refractivity contribution in [3.63, 3.8) is 0 Å². The molecule has 0 aliphatic rings. The van der Waals surface area contributed by atoms with Crippen molar-refractivity contribution in [2.24, 2.45) is 5.10 Å². The number of carbonyl (C=O) groups excluding carboxylic acids is 1. The largest absolute Gasteiger partial charge is 0.361 e. The van der Waals surface area contributed by atoms with Crippen LogP contribution in [0.4, 0.5) is 5.69 Å². The molecule has 192 valence electrons. The molecule has 0 heterocycles. The van der Waals surface area contributed by atoms with Gasteiger partial charge in [-0.1, -0.05) is 115 Å². The second-order valence-electron chi connectivity index (χ2n) is 9.23. The van der Waals surface area contributed by atoms with Crippen LogP contribution in [0, 0.1) is 0 Å². The highest BCUT2D eigenvalue weighted by atomic mass is 32.1. The van der Waals surface area contributed by atoms with E-state index in [1.807, 2.05) is 24.3 Å². The van der Waals surface area contributed by atoms with E-state index in [1.165, 1.54) is 103 Å². The van der Waals surface area contributed by atoms with E-state index in [-0.39, 0.29) is 5.91 Å². The van der Waals surface area contributed by atoms with Gasteiger partial charge in [0.1, 0.15) is 0 Å². The molecule has 0 unspecified atom stereocenters. The monoisotopic (exact) mass is 488 g/mol. The number of hydrogen-bond donors (Lipinski definition) is 3. The van der Waals surface area contributed by atoms with Crippen LogP contribution in [-0.4, -0.2) is 23.8 Å². The number of hydrogen-bond acceptors (Lipinski definition) is 3. The van der Waals surface area contributed by atoms with E-state index in [1.54, 1.807) is 6.21 Å². The lowest BCUT2D eigenvalue weighted by molar-refractivity contribution is -0.114. The van der Waals surface area contributed by atoms with Crippen LogP contribution in [0.2, 0.25) is 0 Å². The molecule has 3 N–H and O–H groups in total. The van der Waals surface area contributed by atoms with E-state index in [0.717, 1.165) is 24.2 Å². The highest BCUT2D eigenvalue weighted by Crippen LogP contribution is 2.13. The number of amides is 1. The molecule has 0 aromatic heterocycles. The molecule has 34 heavy (non-hydrogen) atoms. The molecule has 0 bridgehead atoms. The summed E-state index contributed by atoms with van der Waals surface area (Å²) in [6, 6.07) is 7.47. The molecule has 1 aromatic rings. The van der Waals surface area contributed by atoms with Crippen molar-refractivity contribution in [1.29, 1.82) is 0 Å². The van der Waals surface area contributed by atoms with Gasteiger partial charge in [0, 0.05) is 19.2 Å². The van der Waals surface area contributed by atoms with Gasteiger partial charge in [-0.2, -0.15) is 5.10 Å². The molecule has 0 spiro atoms. The predicted molar refractivity (Wildman–Crippen MR) is 152 cm³/mol. The minimum Gasteiger partial charge on any atom is -0.361 e. The molecule has 1 aromatic carbocycles. The number of benzene rings is 1. The third kappa shape index (κ3) is 18.5. The maximum absolute atomic E-state index is 11.0. The third-order valence-corrected chi connectivity index (χ3v) is 6.16. The summed E-state index contributed by atoms with van der Waals surface area (Å²) in [5, 5.41) is 10.7. The van der Waals surface area contributed by atoms with Gasteiger partial charge in [-0.25, -0.2) is 0 Å². The number of nitrogens with one attached hydrogen (secondary N) is 3. The Kier molecular flexibility index (Phi) is 19.1. The van der Waals surface area contributed by atoms with Gasteiger partial charge < -0.3 is 10.6 Å². The number of hydrazone groups is 1. The lowest BCUT2D eigenvalue weighted by Crippen LogP contribution is -2.32. The minimum atomic E-state index is -0.0798. The quantitative estimate of drug-likeness (QED) is 0.0761. The fourth-order valence-electron chi connectivity index (χ4n) is 3.94. The second-order valence-corrected chi connectivity index (χ2v) is 9.64. The Labute approximate surface area is 213 Å². The summed E-state index contributed by atoms with van der Waals surface area (Å²) in [7, 11) is 0. The molecule has 0 aliphatic heterocycles. The van der Waals surface area contributed by atoms with Gasteiger partial charge in [0.2, 0.25) is 5.91 Å². The van der Waals surface area contributed by atoms with Crippen molar-refractivity contribution in [2.75, 3.05) is 11.9 Å². The van der Waals surface area contributed by atoms with Crippen LogP contribution < -0.4 is 16.1 Å². The van der Waals surface area contributed by atoms with Crippen LogP contribution >= 0.6 is 12.2 Å². The number of thiocarbonyl (C=S) groups is 1. The van der Waals surface area contributed by atoms with Crippen molar-refractivity contribution in [3.05, 3.63) is 29.8 Å². The van der Waals surface area contributed by atoms with Crippen LogP contribution in [0.1, 0.15) is 122 Å². The summed E-state index contributed by atoms with van der Waals surface area (Å²) >= 11 is 5.26. The summed E-state index contributed by atoms with van der Waals surface area (Å²) < 4.78 is 0. The molecular weight excluding hydrogens is 440 g/mol. The first kappa shape index (κ1) is 30.1. The number of unbranched alkanes of at least 4 members (excludes halogenated alkanes) is 15. The van der Waals surface area contributed by atoms with Gasteiger partial charge in [-0.15, -0.1) is 0 Å². The van der Waals surface area contributed by atoms with Crippen molar-refractivity contribution < 1.29 is 4.79 Å². The van der Waals surface area contributed by atoms with E-state index in [4.69, 9.17) is 12.2 Å². The van der Waals surface area contributed by atoms with Crippen LogP contribution in [0.25, 0.3) is 0 Å². The molecular formula is C28H48N4OS. The average molecular weight is 489 g/mol. The van der Waals surface area contributed by atoms with Crippen molar-refractivity contribution in [2.45, 2.75) is 117 Å². The lowest BCUT2D eigenvalue weighted by atomic mass is 10.0. The maximum Gasteiger partial charge on any atom is 0.221 e. The Morgan fingerprint density at radius 2 is 1.26 bits per heavy atom. The summed E-state index contributed by atoms with van der Waals surface area (Å²) in [5.74, 6) is -0.0798. The molecule has 1 amide bonds. The number of rotatable bonds is 20. The van der Waals surface area contributed by atoms with Crippen molar-refractivity contribution in [3.8, 4) is 0 Å². The van der Waals surface area contributed by atoms with Gasteiger partial charge in [0.15, 0.2) is 5.11 Å². The van der Waals surface area contributed by atoms with Gasteiger partial charge in [-0.3, -0.25) is 10.2 Å². The Morgan fingerprint density at radius 1 is 0.794 bits per heavy atom. The van der Waals surface area contributed by atoms with E-state index in [2.05, 4.69) is 28.1 Å². The standard InChI is InChI=1S/C28H48N4OS/c1-3-4-5-6-7-8-9-10-11-12-13-14-15-16-17-18-23-29-28(34)32-30-24-26-19-21-27(22-20-26)31-25(2)33/h19-22,24H,3-18,23H2,1-2H3,(H,31,33)(H2,29,32,34)/b30-24+. The van der Waals surface area contributed by atoms with Gasteiger partial charge in [0.25, 0.3) is 0 Å². The molecule has 0 saturated heterocycles. The average Bonchev–Trinajstić information content (AvgIpc) is 2.82.